The predicted octanol–water partition coefficient (Wildman–Crippen LogP) is 3.85. The smallest absolute Gasteiger partial charge is 0.207 e. The summed E-state index contributed by atoms with van der Waals surface area (Å²) in [6, 6.07) is 1.30. The average molecular weight is 381 g/mol. The Balaban J connectivity index is 2.88. The number of hydrogen-bond donors (Lipinski definition) is 1. The molecule has 0 saturated carbocycles. The van der Waals surface area contributed by atoms with Crippen LogP contribution in [0.5, 0.6) is 0 Å². The van der Waals surface area contributed by atoms with Gasteiger partial charge in [0.1, 0.15) is 4.21 Å². The Labute approximate surface area is 124 Å². The molecule has 1 unspecified atom stereocenters. The number of sulfonamides is 1. The lowest BCUT2D eigenvalue weighted by Gasteiger charge is -2.14. The third kappa shape index (κ3) is 4.36. The van der Waals surface area contributed by atoms with Crippen LogP contribution in [0.4, 0.5) is 0 Å². The second-order valence-electron chi connectivity index (χ2n) is 3.39. The molecule has 0 spiro atoms. The highest BCUT2D eigenvalue weighted by Crippen LogP contribution is 2.34. The molecule has 1 aromatic rings. The van der Waals surface area contributed by atoms with Crippen LogP contribution in [0, 0.1) is 0 Å². The third-order valence-electron chi connectivity index (χ3n) is 2.16. The summed E-state index contributed by atoms with van der Waals surface area (Å²) in [5, 5.41) is 0.403. The number of thiophene rings is 1. The van der Waals surface area contributed by atoms with Gasteiger partial charge in [-0.2, -0.15) is 0 Å². The normalized spacial score (nSPS) is 13.9. The predicted molar refractivity (Wildman–Crippen MR) is 76.8 cm³/mol. The Kier molecular flexibility index (Phi) is 6.22. The zero-order chi connectivity index (χ0) is 13.1. The summed E-state index contributed by atoms with van der Waals surface area (Å²) in [6.45, 7) is 1.91. The highest BCUT2D eigenvalue weighted by atomic mass is 79.9. The molecule has 1 atom stereocenters. The minimum Gasteiger partial charge on any atom is -0.207 e. The summed E-state index contributed by atoms with van der Waals surface area (Å²) in [4.78, 5) is 0. The van der Waals surface area contributed by atoms with Gasteiger partial charge in [-0.1, -0.05) is 18.5 Å². The van der Waals surface area contributed by atoms with E-state index in [1.807, 2.05) is 6.92 Å². The molecule has 98 valence electrons. The van der Waals surface area contributed by atoms with E-state index in [0.29, 0.717) is 27.5 Å². The van der Waals surface area contributed by atoms with Gasteiger partial charge in [0.2, 0.25) is 10.0 Å². The maximum Gasteiger partial charge on any atom is 0.250 e. The van der Waals surface area contributed by atoms with Crippen LogP contribution in [0.1, 0.15) is 19.8 Å². The van der Waals surface area contributed by atoms with Gasteiger partial charge in [0, 0.05) is 11.9 Å². The van der Waals surface area contributed by atoms with Crippen LogP contribution in [0.2, 0.25) is 5.02 Å². The molecule has 3 nitrogen and oxygen atoms in total. The van der Waals surface area contributed by atoms with Crippen LogP contribution in [0.25, 0.3) is 0 Å². The maximum absolute atomic E-state index is 12.0. The molecule has 0 fully saturated rings. The molecule has 17 heavy (non-hydrogen) atoms. The lowest BCUT2D eigenvalue weighted by atomic mass is 10.2. The Morgan fingerprint density at radius 3 is 2.65 bits per heavy atom. The number of rotatable bonds is 6. The third-order valence-corrected chi connectivity index (χ3v) is 6.85. The number of halogens is 3. The summed E-state index contributed by atoms with van der Waals surface area (Å²) >= 11 is 15.7. The summed E-state index contributed by atoms with van der Waals surface area (Å²) < 4.78 is 27.5. The Bertz CT molecular complexity index is 456. The van der Waals surface area contributed by atoms with E-state index in [2.05, 4.69) is 20.7 Å². The lowest BCUT2D eigenvalue weighted by molar-refractivity contribution is 0.533. The highest BCUT2D eigenvalue weighted by Gasteiger charge is 2.22. The highest BCUT2D eigenvalue weighted by molar-refractivity contribution is 9.11. The molecule has 0 amide bonds. The second kappa shape index (κ2) is 6.73. The van der Waals surface area contributed by atoms with Crippen molar-refractivity contribution in [2.45, 2.75) is 30.0 Å². The van der Waals surface area contributed by atoms with Crippen molar-refractivity contribution in [3.8, 4) is 0 Å². The zero-order valence-electron chi connectivity index (χ0n) is 9.04. The first-order valence-electron chi connectivity index (χ1n) is 4.93. The number of hydrogen-bond acceptors (Lipinski definition) is 3. The lowest BCUT2D eigenvalue weighted by Crippen LogP contribution is -2.34. The van der Waals surface area contributed by atoms with Crippen molar-refractivity contribution >= 4 is 60.5 Å². The number of alkyl halides is 1. The molecule has 0 aliphatic rings. The van der Waals surface area contributed by atoms with Gasteiger partial charge in [0.05, 0.1) is 8.81 Å². The Morgan fingerprint density at radius 1 is 1.59 bits per heavy atom. The summed E-state index contributed by atoms with van der Waals surface area (Å²) in [5.41, 5.74) is 0. The van der Waals surface area contributed by atoms with Gasteiger partial charge in [-0.05, 0) is 34.8 Å². The summed E-state index contributed by atoms with van der Waals surface area (Å²) in [7, 11) is -3.50. The molecule has 0 bridgehead atoms. The van der Waals surface area contributed by atoms with E-state index in [0.717, 1.165) is 11.3 Å². The zero-order valence-corrected chi connectivity index (χ0v) is 13.8. The molecule has 0 saturated heterocycles. The van der Waals surface area contributed by atoms with E-state index >= 15 is 0 Å². The van der Waals surface area contributed by atoms with Crippen LogP contribution in [-0.4, -0.2) is 20.3 Å². The summed E-state index contributed by atoms with van der Waals surface area (Å²) in [6.07, 6.45) is 1.31. The van der Waals surface area contributed by atoms with E-state index in [9.17, 15) is 8.42 Å². The first-order chi connectivity index (χ1) is 7.90. The van der Waals surface area contributed by atoms with Crippen molar-refractivity contribution in [3.63, 3.8) is 0 Å². The Hall–Kier alpha value is 0.670. The fraction of sp³-hybridized carbons (Fsp3) is 0.556. The maximum atomic E-state index is 12.0. The molecule has 0 aromatic carbocycles. The molecule has 1 N–H and O–H groups in total. The molecule has 0 aliphatic carbocycles. The fourth-order valence-corrected chi connectivity index (χ4v) is 5.25. The summed E-state index contributed by atoms with van der Waals surface area (Å²) in [5.74, 6) is 0.427. The van der Waals surface area contributed by atoms with Gasteiger partial charge in [0.25, 0.3) is 0 Å². The molecule has 1 heterocycles. The SMILES string of the molecule is CCC(CCCl)NS(=O)(=O)c1cc(Cl)c(Br)s1. The molecule has 8 heteroatoms. The van der Waals surface area contributed by atoms with Crippen LogP contribution in [0.15, 0.2) is 14.1 Å². The monoisotopic (exact) mass is 379 g/mol. The first kappa shape index (κ1) is 15.7. The second-order valence-corrected chi connectivity index (χ2v) is 8.49. The van der Waals surface area contributed by atoms with E-state index in [-0.39, 0.29) is 10.3 Å². The van der Waals surface area contributed by atoms with E-state index in [1.165, 1.54) is 6.07 Å². The Morgan fingerprint density at radius 2 is 2.24 bits per heavy atom. The minimum absolute atomic E-state index is 0.142. The van der Waals surface area contributed by atoms with Crippen molar-refractivity contribution in [2.75, 3.05) is 5.88 Å². The van der Waals surface area contributed by atoms with Crippen LogP contribution in [0.3, 0.4) is 0 Å². The van der Waals surface area contributed by atoms with Crippen molar-refractivity contribution in [2.24, 2.45) is 0 Å². The van der Waals surface area contributed by atoms with Crippen LogP contribution in [-0.2, 0) is 10.0 Å². The van der Waals surface area contributed by atoms with Crippen molar-refractivity contribution in [3.05, 3.63) is 14.9 Å². The average Bonchev–Trinajstić information content (AvgIpc) is 2.59. The van der Waals surface area contributed by atoms with Crippen molar-refractivity contribution in [1.82, 2.24) is 4.72 Å². The van der Waals surface area contributed by atoms with Gasteiger partial charge in [0.15, 0.2) is 0 Å². The van der Waals surface area contributed by atoms with Gasteiger partial charge < -0.3 is 0 Å². The standard InChI is InChI=1S/C9H12BrCl2NO2S2/c1-2-6(3-4-11)13-17(14,15)8-5-7(12)9(10)16-8/h5-6,13H,2-4H2,1H3. The first-order valence-corrected chi connectivity index (χ1v) is 8.94. The molecular weight excluding hydrogens is 369 g/mol. The molecular formula is C9H12BrCl2NO2S2. The number of nitrogens with one attached hydrogen (secondary N) is 1. The largest absolute Gasteiger partial charge is 0.250 e. The van der Waals surface area contributed by atoms with Crippen LogP contribution >= 0.6 is 50.5 Å². The van der Waals surface area contributed by atoms with E-state index in [4.69, 9.17) is 23.2 Å². The quantitative estimate of drug-likeness (QED) is 0.761. The van der Waals surface area contributed by atoms with Gasteiger partial charge in [-0.25, -0.2) is 13.1 Å². The molecule has 1 aromatic heterocycles. The van der Waals surface area contributed by atoms with E-state index in [1.54, 1.807) is 0 Å². The molecule has 0 radical (unpaired) electrons. The van der Waals surface area contributed by atoms with Crippen molar-refractivity contribution < 1.29 is 8.42 Å². The fourth-order valence-electron chi connectivity index (χ4n) is 1.21. The van der Waals surface area contributed by atoms with Gasteiger partial charge >= 0.3 is 0 Å². The van der Waals surface area contributed by atoms with Crippen molar-refractivity contribution in [1.29, 1.82) is 0 Å². The van der Waals surface area contributed by atoms with Gasteiger partial charge in [-0.3, -0.25) is 0 Å². The van der Waals surface area contributed by atoms with Gasteiger partial charge in [-0.15, -0.1) is 22.9 Å². The topological polar surface area (TPSA) is 46.2 Å². The van der Waals surface area contributed by atoms with E-state index < -0.39 is 10.0 Å². The minimum atomic E-state index is -3.50. The molecule has 1 rings (SSSR count). The van der Waals surface area contributed by atoms with Crippen LogP contribution < -0.4 is 4.72 Å². The molecule has 0 aliphatic heterocycles.